The van der Waals surface area contributed by atoms with Crippen LogP contribution < -0.4 is 5.32 Å². The summed E-state index contributed by atoms with van der Waals surface area (Å²) in [6.07, 6.45) is 9.11. The Balaban J connectivity index is 0.00000115. The Morgan fingerprint density at radius 3 is 2.45 bits per heavy atom. The molecule has 1 heterocycles. The third-order valence-electron chi connectivity index (χ3n) is 3.03. The van der Waals surface area contributed by atoms with E-state index < -0.39 is 0 Å². The fourth-order valence-corrected chi connectivity index (χ4v) is 2.22. The molecule has 3 nitrogen and oxygen atoms in total. The molecule has 2 aliphatic rings. The van der Waals surface area contributed by atoms with Gasteiger partial charge in [-0.25, -0.2) is 0 Å². The Morgan fingerprint density at radius 2 is 1.85 bits per heavy atom. The minimum atomic E-state index is -0.196. The number of piperidine rings is 1. The van der Waals surface area contributed by atoms with Gasteiger partial charge in [0.15, 0.2) is 0 Å². The third-order valence-corrected chi connectivity index (χ3v) is 3.03. The number of carbonyl (C=O) groups excluding carboxylic acids is 2. The van der Waals surface area contributed by atoms with Gasteiger partial charge in [0.2, 0.25) is 11.8 Å². The maximum absolute atomic E-state index is 11.8. The number of carbonyl (C=O) groups is 2. The molecular formula is C16H22NO2Re-. The molecule has 20 heavy (non-hydrogen) atoms. The van der Waals surface area contributed by atoms with Gasteiger partial charge in [0.25, 0.3) is 0 Å². The van der Waals surface area contributed by atoms with E-state index in [1.165, 1.54) is 5.57 Å². The summed E-state index contributed by atoms with van der Waals surface area (Å²) in [6, 6.07) is 0. The van der Waals surface area contributed by atoms with Crippen molar-refractivity contribution in [2.24, 2.45) is 5.92 Å². The molecule has 1 atom stereocenters. The second kappa shape index (κ2) is 8.94. The van der Waals surface area contributed by atoms with Crippen LogP contribution >= 0.6 is 0 Å². The minimum absolute atomic E-state index is 0. The molecule has 1 saturated heterocycles. The Labute approximate surface area is 135 Å². The van der Waals surface area contributed by atoms with E-state index in [1.54, 1.807) is 0 Å². The summed E-state index contributed by atoms with van der Waals surface area (Å²) in [4.78, 5) is 22.9. The van der Waals surface area contributed by atoms with Crippen LogP contribution in [0.1, 0.15) is 40.5 Å². The van der Waals surface area contributed by atoms with Gasteiger partial charge >= 0.3 is 0 Å². The van der Waals surface area contributed by atoms with E-state index in [-0.39, 0.29) is 38.2 Å². The van der Waals surface area contributed by atoms with Crippen LogP contribution in [0.5, 0.6) is 0 Å². The molecule has 1 N–H and O–H groups in total. The molecule has 1 fully saturated rings. The molecule has 1 aliphatic heterocycles. The van der Waals surface area contributed by atoms with Gasteiger partial charge in [0.05, 0.1) is 0 Å². The molecule has 0 aromatic heterocycles. The minimum Gasteiger partial charge on any atom is -0.297 e. The third kappa shape index (κ3) is 5.11. The molecule has 0 aromatic carbocycles. The van der Waals surface area contributed by atoms with Crippen LogP contribution in [0.25, 0.3) is 0 Å². The van der Waals surface area contributed by atoms with Gasteiger partial charge in [-0.05, 0) is 6.42 Å². The summed E-state index contributed by atoms with van der Waals surface area (Å²) < 4.78 is 0. The molecule has 0 bridgehead atoms. The summed E-state index contributed by atoms with van der Waals surface area (Å²) in [5.41, 5.74) is 2.15. The Bertz CT molecular complexity index is 449. The fraction of sp³-hybridized carbons (Fsp3) is 0.438. The number of imide groups is 1. The van der Waals surface area contributed by atoms with E-state index in [1.807, 2.05) is 45.9 Å². The first-order valence-corrected chi connectivity index (χ1v) is 6.81. The summed E-state index contributed by atoms with van der Waals surface area (Å²) in [5.74, 6) is 0.592. The van der Waals surface area contributed by atoms with Crippen molar-refractivity contribution < 1.29 is 30.0 Å². The first-order chi connectivity index (χ1) is 9.06. The molecule has 0 saturated carbocycles. The zero-order valence-electron chi connectivity index (χ0n) is 12.5. The van der Waals surface area contributed by atoms with Crippen molar-refractivity contribution in [2.75, 3.05) is 0 Å². The van der Waals surface area contributed by atoms with E-state index in [2.05, 4.69) is 11.4 Å². The van der Waals surface area contributed by atoms with E-state index in [4.69, 9.17) is 0 Å². The number of amides is 2. The first-order valence-electron chi connectivity index (χ1n) is 6.81. The average Bonchev–Trinajstić information content (AvgIpc) is 2.53. The summed E-state index contributed by atoms with van der Waals surface area (Å²) in [5, 5.41) is 2.39. The van der Waals surface area contributed by atoms with Crippen molar-refractivity contribution in [1.82, 2.24) is 5.32 Å². The maximum Gasteiger partial charge on any atom is 0.226 e. The van der Waals surface area contributed by atoms with Gasteiger partial charge in [0.1, 0.15) is 0 Å². The molecule has 2 amide bonds. The number of nitrogens with one attached hydrogen (secondary N) is 1. The van der Waals surface area contributed by atoms with Crippen molar-refractivity contribution >= 4 is 11.8 Å². The molecule has 0 spiro atoms. The van der Waals surface area contributed by atoms with Gasteiger partial charge in [-0.2, -0.15) is 18.1 Å². The predicted molar refractivity (Wildman–Crippen MR) is 77.1 cm³/mol. The van der Waals surface area contributed by atoms with Crippen LogP contribution in [0.3, 0.4) is 0 Å². The van der Waals surface area contributed by atoms with Crippen molar-refractivity contribution in [2.45, 2.75) is 40.5 Å². The van der Waals surface area contributed by atoms with Gasteiger partial charge in [-0.15, -0.1) is 23.3 Å². The maximum atomic E-state index is 11.8. The van der Waals surface area contributed by atoms with Gasteiger partial charge < -0.3 is 0 Å². The summed E-state index contributed by atoms with van der Waals surface area (Å²) in [7, 11) is 0. The van der Waals surface area contributed by atoms with Crippen LogP contribution in [0.15, 0.2) is 35.5 Å². The van der Waals surface area contributed by atoms with Crippen molar-refractivity contribution in [1.29, 1.82) is 0 Å². The van der Waals surface area contributed by atoms with E-state index >= 15 is 0 Å². The quantitative estimate of drug-likeness (QED) is 0.497. The molecule has 4 heteroatoms. The zero-order valence-corrected chi connectivity index (χ0v) is 15.2. The molecular weight excluding hydrogens is 424 g/mol. The van der Waals surface area contributed by atoms with Crippen LogP contribution in [-0.2, 0) is 30.0 Å². The smallest absolute Gasteiger partial charge is 0.226 e. The van der Waals surface area contributed by atoms with Gasteiger partial charge in [-0.3, -0.25) is 14.9 Å². The first kappa shape index (κ1) is 18.9. The molecule has 1 radical (unpaired) electrons. The Kier molecular flexibility index (Phi) is 8.45. The van der Waals surface area contributed by atoms with E-state index in [9.17, 15) is 9.59 Å². The SMILES string of the molecule is CC.CC1=C[C-](C)C=C(C2CCC(=O)NC2=O)C=C1.[Re]. The second-order valence-electron chi connectivity index (χ2n) is 4.61. The predicted octanol–water partition coefficient (Wildman–Crippen LogP) is 3.10. The number of rotatable bonds is 1. The Hall–Kier alpha value is -1.11. The monoisotopic (exact) mass is 447 g/mol. The summed E-state index contributed by atoms with van der Waals surface area (Å²) in [6.45, 7) is 8.05. The normalized spacial score (nSPS) is 21.6. The largest absolute Gasteiger partial charge is 0.297 e. The number of hydrogen-bond acceptors (Lipinski definition) is 2. The standard InChI is InChI=1S/C14H16NO2.C2H6.Re/c1-9-3-4-11(8-10(2)7-9)12-5-6-13(16)15-14(12)17;1-2;/h3-4,7-8,12H,5-6H2,1-2H3,(H,15,16,17);1-2H3;/q-1;;. The topological polar surface area (TPSA) is 46.2 Å². The van der Waals surface area contributed by atoms with Crippen molar-refractivity contribution in [3.63, 3.8) is 0 Å². The fourth-order valence-electron chi connectivity index (χ4n) is 2.22. The van der Waals surface area contributed by atoms with Gasteiger partial charge in [0, 0.05) is 32.8 Å². The average molecular weight is 447 g/mol. The Morgan fingerprint density at radius 1 is 1.20 bits per heavy atom. The molecule has 111 valence electrons. The van der Waals surface area contributed by atoms with Gasteiger partial charge in [-0.1, -0.05) is 27.7 Å². The second-order valence-corrected chi connectivity index (χ2v) is 4.61. The van der Waals surface area contributed by atoms with E-state index in [0.717, 1.165) is 11.5 Å². The van der Waals surface area contributed by atoms with Crippen molar-refractivity contribution in [3.05, 3.63) is 41.4 Å². The molecule has 2 rings (SSSR count). The van der Waals surface area contributed by atoms with Crippen LogP contribution in [-0.4, -0.2) is 11.8 Å². The van der Waals surface area contributed by atoms with E-state index in [0.29, 0.717) is 12.8 Å². The van der Waals surface area contributed by atoms with Crippen LogP contribution in [0.2, 0.25) is 0 Å². The van der Waals surface area contributed by atoms with Crippen LogP contribution in [0, 0.1) is 11.8 Å². The number of allylic oxidation sites excluding steroid dienone is 5. The molecule has 1 unspecified atom stereocenters. The molecule has 1 aliphatic carbocycles. The van der Waals surface area contributed by atoms with Crippen LogP contribution in [0.4, 0.5) is 0 Å². The zero-order chi connectivity index (χ0) is 14.4. The number of hydrogen-bond donors (Lipinski definition) is 1. The van der Waals surface area contributed by atoms with Crippen molar-refractivity contribution in [3.8, 4) is 0 Å². The summed E-state index contributed by atoms with van der Waals surface area (Å²) >= 11 is 0. The molecule has 0 aromatic rings.